The molecule has 0 nitrogen and oxygen atoms in total. The first-order valence-corrected chi connectivity index (χ1v) is 7.07. The van der Waals surface area contributed by atoms with Gasteiger partial charge in [-0.25, -0.2) is 0 Å². The van der Waals surface area contributed by atoms with E-state index < -0.39 is 0 Å². The van der Waals surface area contributed by atoms with Gasteiger partial charge in [0.15, 0.2) is 0 Å². The normalized spacial score (nSPS) is 9.00. The van der Waals surface area contributed by atoms with Crippen LogP contribution in [0.2, 0.25) is 0 Å². The van der Waals surface area contributed by atoms with Gasteiger partial charge in [-0.3, -0.25) is 0 Å². The van der Waals surface area contributed by atoms with Gasteiger partial charge in [0, 0.05) is 25.7 Å². The molecular formula is C18H25. The molecule has 0 aliphatic carbocycles. The van der Waals surface area contributed by atoms with E-state index in [4.69, 9.17) is 6.42 Å². The second-order valence-corrected chi connectivity index (χ2v) is 4.35. The Labute approximate surface area is 114 Å². The summed E-state index contributed by atoms with van der Waals surface area (Å²) in [5.41, 5.74) is 0. The Morgan fingerprint density at radius 3 is 2.39 bits per heavy atom. The van der Waals surface area contributed by atoms with Gasteiger partial charge in [0.05, 0.1) is 5.92 Å². The first kappa shape index (κ1) is 16.7. The van der Waals surface area contributed by atoms with Gasteiger partial charge in [-0.15, -0.1) is 30.1 Å². The van der Waals surface area contributed by atoms with Crippen molar-refractivity contribution in [2.45, 2.75) is 71.6 Å². The molecule has 0 N–H and O–H groups in total. The van der Waals surface area contributed by atoms with Gasteiger partial charge in [-0.05, 0) is 25.7 Å². The van der Waals surface area contributed by atoms with Crippen molar-refractivity contribution < 1.29 is 0 Å². The Kier molecular flexibility index (Phi) is 12.7. The van der Waals surface area contributed by atoms with Crippen LogP contribution in [0.15, 0.2) is 0 Å². The zero-order valence-electron chi connectivity index (χ0n) is 11.9. The predicted molar refractivity (Wildman–Crippen MR) is 80.5 cm³/mol. The molecule has 18 heavy (non-hydrogen) atoms. The van der Waals surface area contributed by atoms with Crippen LogP contribution in [0.25, 0.3) is 0 Å². The average Bonchev–Trinajstić information content (AvgIpc) is 2.39. The minimum Gasteiger partial charge on any atom is -0.120 e. The standard InChI is InChI=1S/C18H25/c1-4-7-10-13-16-18(15-12-9-6-3)17-14-11-8-5-2/h3H,4-5,7-10,12,15,17H2,1-2H3. The molecule has 97 valence electrons. The molecule has 0 saturated carbocycles. The van der Waals surface area contributed by atoms with Crippen molar-refractivity contribution in [3.05, 3.63) is 5.92 Å². The molecule has 0 bridgehead atoms. The molecule has 0 heteroatoms. The van der Waals surface area contributed by atoms with E-state index in [9.17, 15) is 0 Å². The summed E-state index contributed by atoms with van der Waals surface area (Å²) in [4.78, 5) is 0. The van der Waals surface area contributed by atoms with Gasteiger partial charge in [-0.1, -0.05) is 26.2 Å². The van der Waals surface area contributed by atoms with Crippen LogP contribution in [0.1, 0.15) is 71.6 Å². The maximum Gasteiger partial charge on any atom is 0.0598 e. The number of terminal acetylenes is 1. The fraction of sp³-hybridized carbons (Fsp3) is 0.611. The number of hydrogen-bond donors (Lipinski definition) is 0. The van der Waals surface area contributed by atoms with Crippen LogP contribution in [0.4, 0.5) is 0 Å². The predicted octanol–water partition coefficient (Wildman–Crippen LogP) is 4.75. The summed E-state index contributed by atoms with van der Waals surface area (Å²) in [6.07, 6.45) is 14.5. The highest BCUT2D eigenvalue weighted by Gasteiger charge is 2.03. The Morgan fingerprint density at radius 1 is 0.889 bits per heavy atom. The lowest BCUT2D eigenvalue weighted by Crippen LogP contribution is -1.93. The molecule has 0 rings (SSSR count). The van der Waals surface area contributed by atoms with Crippen molar-refractivity contribution in [3.8, 4) is 36.0 Å². The van der Waals surface area contributed by atoms with Crippen LogP contribution in [-0.2, 0) is 0 Å². The second-order valence-electron chi connectivity index (χ2n) is 4.35. The Morgan fingerprint density at radius 2 is 1.72 bits per heavy atom. The summed E-state index contributed by atoms with van der Waals surface area (Å²) >= 11 is 0. The molecule has 0 aliphatic rings. The van der Waals surface area contributed by atoms with Crippen LogP contribution >= 0.6 is 0 Å². The van der Waals surface area contributed by atoms with Crippen molar-refractivity contribution in [1.82, 2.24) is 0 Å². The summed E-state index contributed by atoms with van der Waals surface area (Å²) < 4.78 is 0. The minimum atomic E-state index is 0.823. The smallest absolute Gasteiger partial charge is 0.0598 e. The van der Waals surface area contributed by atoms with Crippen LogP contribution in [-0.4, -0.2) is 0 Å². The molecule has 0 aromatic heterocycles. The topological polar surface area (TPSA) is 0 Å². The van der Waals surface area contributed by atoms with Crippen molar-refractivity contribution in [2.24, 2.45) is 0 Å². The van der Waals surface area contributed by atoms with Crippen molar-refractivity contribution in [2.75, 3.05) is 0 Å². The van der Waals surface area contributed by atoms with E-state index in [0.717, 1.165) is 44.9 Å². The number of unbranched alkanes of at least 4 members (excludes halogenated alkanes) is 4. The van der Waals surface area contributed by atoms with E-state index in [-0.39, 0.29) is 0 Å². The van der Waals surface area contributed by atoms with Gasteiger partial charge in [0.25, 0.3) is 0 Å². The van der Waals surface area contributed by atoms with Crippen LogP contribution in [0.5, 0.6) is 0 Å². The van der Waals surface area contributed by atoms with Crippen molar-refractivity contribution in [3.63, 3.8) is 0 Å². The molecular weight excluding hydrogens is 216 g/mol. The maximum absolute atomic E-state index is 5.27. The Hall–Kier alpha value is -1.32. The lowest BCUT2D eigenvalue weighted by atomic mass is 9.99. The first-order chi connectivity index (χ1) is 8.85. The molecule has 0 aromatic carbocycles. The Balaban J connectivity index is 4.11. The summed E-state index contributed by atoms with van der Waals surface area (Å²) in [7, 11) is 0. The van der Waals surface area contributed by atoms with Crippen molar-refractivity contribution >= 4 is 0 Å². The average molecular weight is 241 g/mol. The van der Waals surface area contributed by atoms with Crippen LogP contribution < -0.4 is 0 Å². The number of rotatable bonds is 7. The molecule has 0 aliphatic heterocycles. The molecule has 0 amide bonds. The fourth-order valence-electron chi connectivity index (χ4n) is 1.43. The summed E-state index contributed by atoms with van der Waals surface area (Å²) in [6, 6.07) is 0. The van der Waals surface area contributed by atoms with Gasteiger partial charge in [0.1, 0.15) is 0 Å². The first-order valence-electron chi connectivity index (χ1n) is 7.07. The SMILES string of the molecule is C#CCCC[C](C#CCCCC)CC#CCCC. The third-order valence-electron chi connectivity index (χ3n) is 2.52. The summed E-state index contributed by atoms with van der Waals surface area (Å²) in [5.74, 6) is 16.9. The molecule has 0 atom stereocenters. The summed E-state index contributed by atoms with van der Waals surface area (Å²) in [6.45, 7) is 4.34. The lowest BCUT2D eigenvalue weighted by molar-refractivity contribution is 0.783. The lowest BCUT2D eigenvalue weighted by Gasteiger charge is -2.03. The number of hydrogen-bond acceptors (Lipinski definition) is 0. The highest BCUT2D eigenvalue weighted by atomic mass is 14.0. The third kappa shape index (κ3) is 11.2. The summed E-state index contributed by atoms with van der Waals surface area (Å²) in [5, 5.41) is 0. The van der Waals surface area contributed by atoms with E-state index in [1.807, 2.05) is 0 Å². The zero-order chi connectivity index (χ0) is 13.5. The molecule has 1 radical (unpaired) electrons. The van der Waals surface area contributed by atoms with Gasteiger partial charge in [0.2, 0.25) is 0 Å². The molecule has 0 fully saturated rings. The van der Waals surface area contributed by atoms with Gasteiger partial charge >= 0.3 is 0 Å². The van der Waals surface area contributed by atoms with E-state index >= 15 is 0 Å². The molecule has 0 aromatic rings. The zero-order valence-corrected chi connectivity index (χ0v) is 11.9. The second kappa shape index (κ2) is 13.7. The van der Waals surface area contributed by atoms with Crippen molar-refractivity contribution in [1.29, 1.82) is 0 Å². The fourth-order valence-corrected chi connectivity index (χ4v) is 1.43. The highest BCUT2D eigenvalue weighted by Crippen LogP contribution is 2.13. The monoisotopic (exact) mass is 241 g/mol. The van der Waals surface area contributed by atoms with Crippen LogP contribution in [0.3, 0.4) is 0 Å². The van der Waals surface area contributed by atoms with E-state index in [2.05, 4.69) is 43.4 Å². The quantitative estimate of drug-likeness (QED) is 0.445. The van der Waals surface area contributed by atoms with Gasteiger partial charge < -0.3 is 0 Å². The molecule has 0 spiro atoms. The highest BCUT2D eigenvalue weighted by molar-refractivity contribution is 5.26. The molecule has 0 saturated heterocycles. The maximum atomic E-state index is 5.27. The largest absolute Gasteiger partial charge is 0.120 e. The van der Waals surface area contributed by atoms with E-state index in [1.165, 1.54) is 18.8 Å². The van der Waals surface area contributed by atoms with E-state index in [1.54, 1.807) is 0 Å². The van der Waals surface area contributed by atoms with E-state index in [0.29, 0.717) is 0 Å². The van der Waals surface area contributed by atoms with Gasteiger partial charge in [-0.2, -0.15) is 0 Å². The minimum absolute atomic E-state index is 0.823. The third-order valence-corrected chi connectivity index (χ3v) is 2.52. The van der Waals surface area contributed by atoms with Crippen LogP contribution in [0, 0.1) is 41.9 Å². The Bertz CT molecular complexity index is 334. The molecule has 0 heterocycles. The molecule has 0 unspecified atom stereocenters.